The van der Waals surface area contributed by atoms with Gasteiger partial charge < -0.3 is 33.1 Å². The second-order valence-corrected chi connectivity index (χ2v) is 10.9. The Morgan fingerprint density at radius 1 is 1.07 bits per heavy atom. The monoisotopic (exact) mass is 619 g/mol. The molecule has 0 saturated heterocycles. The van der Waals surface area contributed by atoms with E-state index in [0.29, 0.717) is 11.1 Å². The molecule has 1 atom stereocenters. The second-order valence-electron chi connectivity index (χ2n) is 8.94. The Bertz CT molecular complexity index is 1900. The predicted octanol–water partition coefficient (Wildman–Crippen LogP) is 3.80. The van der Waals surface area contributed by atoms with Crippen LogP contribution in [0.2, 0.25) is 0 Å². The number of nitrogens with one attached hydrogen (secondary N) is 1. The molecule has 0 amide bonds. The molecule has 3 aromatic heterocycles. The zero-order chi connectivity index (χ0) is 30.6. The fourth-order valence-corrected chi connectivity index (χ4v) is 5.18. The maximum atomic E-state index is 14.2. The van der Waals surface area contributed by atoms with E-state index in [1.54, 1.807) is 0 Å². The van der Waals surface area contributed by atoms with E-state index in [2.05, 4.69) is 15.0 Å². The van der Waals surface area contributed by atoms with Crippen LogP contribution in [-0.2, 0) is 38.1 Å². The zero-order valence-corrected chi connectivity index (χ0v) is 23.3. The molecule has 226 valence electrons. The largest absolute Gasteiger partial charge is 0.519 e. The number of hydrogen-bond acceptors (Lipinski definition) is 12. The maximum absolute atomic E-state index is 14.2. The van der Waals surface area contributed by atoms with Gasteiger partial charge in [0, 0.05) is 12.1 Å². The topological polar surface area (TPSA) is 187 Å². The molecule has 43 heavy (non-hydrogen) atoms. The molecule has 5 rings (SSSR count). The minimum absolute atomic E-state index is 0.0140. The third-order valence-corrected chi connectivity index (χ3v) is 7.55. The normalized spacial score (nSPS) is 12.9. The zero-order valence-electron chi connectivity index (χ0n) is 22.5. The first-order chi connectivity index (χ1) is 20.6. The lowest BCUT2D eigenvalue weighted by Gasteiger charge is -2.19. The quantitative estimate of drug-likeness (QED) is 0.144. The number of ether oxygens (including phenoxy) is 2. The van der Waals surface area contributed by atoms with E-state index < -0.39 is 43.6 Å². The molecule has 0 fully saturated rings. The maximum Gasteiger partial charge on any atom is 0.519 e. The van der Waals surface area contributed by atoms with Gasteiger partial charge in [-0.1, -0.05) is 6.07 Å². The van der Waals surface area contributed by atoms with Crippen LogP contribution in [0.15, 0.2) is 67.2 Å². The van der Waals surface area contributed by atoms with Crippen molar-refractivity contribution in [3.63, 3.8) is 0 Å². The van der Waals surface area contributed by atoms with Crippen LogP contribution in [0.5, 0.6) is 5.75 Å². The van der Waals surface area contributed by atoms with Crippen molar-refractivity contribution in [2.45, 2.75) is 19.8 Å². The summed E-state index contributed by atoms with van der Waals surface area (Å²) >= 11 is 0. The minimum Gasteiger partial charge on any atom is -0.494 e. The summed E-state index contributed by atoms with van der Waals surface area (Å²) in [4.78, 5) is 34.3. The molecule has 0 bridgehead atoms. The molecule has 2 aromatic carbocycles. The fraction of sp³-hybridized carbons (Fsp3) is 0.231. The van der Waals surface area contributed by atoms with Crippen molar-refractivity contribution >= 4 is 24.7 Å². The molecule has 0 aliphatic rings. The van der Waals surface area contributed by atoms with Gasteiger partial charge in [0.2, 0.25) is 5.95 Å². The molecular formula is C26H24F2N5O9P. The van der Waals surface area contributed by atoms with Gasteiger partial charge in [-0.3, -0.25) is 18.9 Å². The van der Waals surface area contributed by atoms with Crippen molar-refractivity contribution in [1.29, 1.82) is 0 Å². The molecule has 0 aliphatic carbocycles. The van der Waals surface area contributed by atoms with Crippen LogP contribution in [0, 0.1) is 11.6 Å². The number of rotatable bonds is 13. The average molecular weight is 619 g/mol. The van der Waals surface area contributed by atoms with Crippen LogP contribution < -0.4 is 21.9 Å². The predicted molar refractivity (Wildman–Crippen MR) is 146 cm³/mol. The Labute approximate surface area is 240 Å². The number of methoxy groups -OCH3 is 1. The van der Waals surface area contributed by atoms with Gasteiger partial charge in [0.1, 0.15) is 18.8 Å². The molecule has 0 radical (unpaired) electrons. The SMILES string of the molecule is COc1ccc(COP(=O)(COCCn2cnc3c(=O)[nH]c(N)nc32)OCc2oc(=O)oc2-c2ccc(F)cc2)cc1F. The number of anilines is 1. The van der Waals surface area contributed by atoms with E-state index in [0.717, 1.165) is 18.2 Å². The molecule has 3 N–H and O–H groups in total. The number of nitrogens with two attached hydrogens (primary N) is 1. The lowest BCUT2D eigenvalue weighted by molar-refractivity contribution is 0.114. The van der Waals surface area contributed by atoms with Crippen molar-refractivity contribution in [2.24, 2.45) is 0 Å². The Balaban J connectivity index is 1.30. The van der Waals surface area contributed by atoms with Gasteiger partial charge >= 0.3 is 13.4 Å². The summed E-state index contributed by atoms with van der Waals surface area (Å²) in [6.07, 6.45) is 0.806. The van der Waals surface area contributed by atoms with Gasteiger partial charge in [-0.15, -0.1) is 0 Å². The van der Waals surface area contributed by atoms with Crippen molar-refractivity contribution in [1.82, 2.24) is 19.5 Å². The summed E-state index contributed by atoms with van der Waals surface area (Å²) in [6, 6.07) is 9.08. The summed E-state index contributed by atoms with van der Waals surface area (Å²) in [5.41, 5.74) is 6.06. The first kappa shape index (κ1) is 29.8. The number of H-pyrrole nitrogens is 1. The fourth-order valence-electron chi connectivity index (χ4n) is 3.94. The summed E-state index contributed by atoms with van der Waals surface area (Å²) in [5.74, 6) is -2.47. The highest BCUT2D eigenvalue weighted by atomic mass is 31.2. The molecule has 17 heteroatoms. The van der Waals surface area contributed by atoms with Crippen LogP contribution in [0.4, 0.5) is 14.7 Å². The molecule has 5 aromatic rings. The highest BCUT2D eigenvalue weighted by Gasteiger charge is 2.28. The molecule has 1 unspecified atom stereocenters. The van der Waals surface area contributed by atoms with Crippen LogP contribution >= 0.6 is 7.60 Å². The number of hydrogen-bond donors (Lipinski definition) is 2. The number of nitrogen functional groups attached to an aromatic ring is 1. The Hall–Kier alpha value is -4.63. The Morgan fingerprint density at radius 2 is 1.84 bits per heavy atom. The molecule has 0 spiro atoms. The average Bonchev–Trinajstić information content (AvgIpc) is 3.57. The number of fused-ring (bicyclic) bond motifs is 1. The molecule has 0 saturated carbocycles. The Morgan fingerprint density at radius 3 is 2.58 bits per heavy atom. The van der Waals surface area contributed by atoms with Gasteiger partial charge in [0.05, 0.1) is 26.7 Å². The number of halogens is 2. The van der Waals surface area contributed by atoms with Gasteiger partial charge in [-0.2, -0.15) is 4.98 Å². The van der Waals surface area contributed by atoms with Crippen molar-refractivity contribution in [3.8, 4) is 17.1 Å². The molecule has 3 heterocycles. The van der Waals surface area contributed by atoms with Gasteiger partial charge in [0.15, 0.2) is 34.3 Å². The number of nitrogens with zero attached hydrogens (tertiary/aromatic N) is 3. The van der Waals surface area contributed by atoms with E-state index in [9.17, 15) is 22.9 Å². The van der Waals surface area contributed by atoms with Crippen molar-refractivity contribution < 1.29 is 40.7 Å². The second kappa shape index (κ2) is 12.7. The first-order valence-corrected chi connectivity index (χ1v) is 14.2. The third-order valence-electron chi connectivity index (χ3n) is 6.01. The van der Waals surface area contributed by atoms with Crippen LogP contribution in [0.3, 0.4) is 0 Å². The Kier molecular flexibility index (Phi) is 8.82. The highest BCUT2D eigenvalue weighted by molar-refractivity contribution is 7.53. The lowest BCUT2D eigenvalue weighted by Crippen LogP contribution is -2.13. The summed E-state index contributed by atoms with van der Waals surface area (Å²) < 4.78 is 74.6. The van der Waals surface area contributed by atoms with E-state index >= 15 is 0 Å². The van der Waals surface area contributed by atoms with E-state index in [4.69, 9.17) is 33.1 Å². The van der Waals surface area contributed by atoms with Gasteiger partial charge in [-0.25, -0.2) is 18.6 Å². The highest BCUT2D eigenvalue weighted by Crippen LogP contribution is 2.50. The summed E-state index contributed by atoms with van der Waals surface area (Å²) in [6.45, 7) is -0.787. The molecule has 14 nitrogen and oxygen atoms in total. The van der Waals surface area contributed by atoms with E-state index in [1.807, 2.05) is 0 Å². The van der Waals surface area contributed by atoms with Crippen LogP contribution in [0.1, 0.15) is 11.3 Å². The molecular weight excluding hydrogens is 595 g/mol. The summed E-state index contributed by atoms with van der Waals surface area (Å²) in [7, 11) is -2.80. The van der Waals surface area contributed by atoms with E-state index in [-0.39, 0.29) is 54.1 Å². The van der Waals surface area contributed by atoms with E-state index in [1.165, 1.54) is 42.3 Å². The minimum atomic E-state index is -4.12. The van der Waals surface area contributed by atoms with Crippen LogP contribution in [0.25, 0.3) is 22.5 Å². The van der Waals surface area contributed by atoms with Crippen molar-refractivity contribution in [2.75, 3.05) is 25.8 Å². The molecule has 0 aliphatic heterocycles. The van der Waals surface area contributed by atoms with Gasteiger partial charge in [-0.05, 0) is 42.0 Å². The number of aromatic amines is 1. The smallest absolute Gasteiger partial charge is 0.494 e. The third kappa shape index (κ3) is 7.06. The number of aromatic nitrogens is 4. The first-order valence-electron chi connectivity index (χ1n) is 12.5. The number of benzene rings is 2. The number of imidazole rings is 1. The van der Waals surface area contributed by atoms with Crippen LogP contribution in [-0.4, -0.2) is 39.6 Å². The lowest BCUT2D eigenvalue weighted by atomic mass is 10.1. The van der Waals surface area contributed by atoms with Gasteiger partial charge in [0.25, 0.3) is 5.56 Å². The summed E-state index contributed by atoms with van der Waals surface area (Å²) in [5, 5.41) is 0. The van der Waals surface area contributed by atoms with Crippen molar-refractivity contribution in [3.05, 3.63) is 92.7 Å². The standard InChI is InChI=1S/C26H24F2N5O9P/c1-37-19-7-2-15(10-18(19)28)11-39-43(36,14-38-9-8-33-13-30-21-23(33)31-25(29)32-24(21)34)40-12-20-22(42-26(35)41-20)16-3-5-17(27)6-4-16/h2-7,10,13H,8-9,11-12,14H2,1H3,(H3,29,31,32,34).